The van der Waals surface area contributed by atoms with Crippen molar-refractivity contribution in [1.82, 2.24) is 10.2 Å². The molecule has 4 heteroatoms. The number of rotatable bonds is 2. The van der Waals surface area contributed by atoms with Gasteiger partial charge in [-0.25, -0.2) is 4.39 Å². The largest absolute Gasteiger partial charge is 0.337 e. The maximum atomic E-state index is 13.7. The minimum atomic E-state index is -0.424. The average Bonchev–Trinajstić information content (AvgIpc) is 2.38. The number of halogens is 1. The fourth-order valence-corrected chi connectivity index (χ4v) is 2.38. The molecule has 0 bridgehead atoms. The predicted octanol–water partition coefficient (Wildman–Crippen LogP) is 1.75. The van der Waals surface area contributed by atoms with Crippen LogP contribution >= 0.6 is 0 Å². The molecule has 3 nitrogen and oxygen atoms in total. The second-order valence-corrected chi connectivity index (χ2v) is 4.83. The van der Waals surface area contributed by atoms with Crippen molar-refractivity contribution in [2.75, 3.05) is 19.6 Å². The van der Waals surface area contributed by atoms with Gasteiger partial charge in [0.1, 0.15) is 5.82 Å². The first-order chi connectivity index (χ1) is 8.61. The van der Waals surface area contributed by atoms with Crippen LogP contribution in [0.3, 0.4) is 0 Å². The van der Waals surface area contributed by atoms with Crippen LogP contribution < -0.4 is 5.32 Å². The zero-order valence-electron chi connectivity index (χ0n) is 10.8. The lowest BCUT2D eigenvalue weighted by Gasteiger charge is -2.35. The van der Waals surface area contributed by atoms with Gasteiger partial charge in [-0.2, -0.15) is 0 Å². The summed E-state index contributed by atoms with van der Waals surface area (Å²) in [7, 11) is 0. The van der Waals surface area contributed by atoms with E-state index in [1.165, 1.54) is 6.07 Å². The number of nitrogens with zero attached hydrogens (tertiary/aromatic N) is 1. The van der Waals surface area contributed by atoms with Crippen LogP contribution in [0.2, 0.25) is 0 Å². The Morgan fingerprint density at radius 2 is 2.22 bits per heavy atom. The second kappa shape index (κ2) is 5.48. The van der Waals surface area contributed by atoms with Gasteiger partial charge < -0.3 is 10.2 Å². The van der Waals surface area contributed by atoms with Gasteiger partial charge in [-0.05, 0) is 25.5 Å². The van der Waals surface area contributed by atoms with E-state index < -0.39 is 5.92 Å². The minimum absolute atomic E-state index is 0.00843. The van der Waals surface area contributed by atoms with Crippen LogP contribution in [0, 0.1) is 5.82 Å². The fourth-order valence-electron chi connectivity index (χ4n) is 2.38. The van der Waals surface area contributed by atoms with Crippen LogP contribution in [0.4, 0.5) is 4.39 Å². The summed E-state index contributed by atoms with van der Waals surface area (Å²) < 4.78 is 13.7. The molecule has 1 aromatic carbocycles. The Hall–Kier alpha value is -1.42. The van der Waals surface area contributed by atoms with Crippen molar-refractivity contribution in [2.45, 2.75) is 25.8 Å². The van der Waals surface area contributed by atoms with Crippen LogP contribution in [0.15, 0.2) is 24.3 Å². The third kappa shape index (κ3) is 2.53. The highest BCUT2D eigenvalue weighted by molar-refractivity contribution is 5.83. The molecule has 0 saturated carbocycles. The van der Waals surface area contributed by atoms with Gasteiger partial charge in [-0.15, -0.1) is 0 Å². The van der Waals surface area contributed by atoms with Gasteiger partial charge in [-0.1, -0.05) is 18.2 Å². The summed E-state index contributed by atoms with van der Waals surface area (Å²) in [5.74, 6) is -0.720. The molecule has 1 saturated heterocycles. The first-order valence-corrected chi connectivity index (χ1v) is 6.37. The lowest BCUT2D eigenvalue weighted by molar-refractivity contribution is -0.135. The highest BCUT2D eigenvalue weighted by Crippen LogP contribution is 2.22. The van der Waals surface area contributed by atoms with E-state index in [-0.39, 0.29) is 17.8 Å². The molecular formula is C14H19FN2O. The molecule has 0 aliphatic carbocycles. The van der Waals surface area contributed by atoms with Crippen molar-refractivity contribution in [2.24, 2.45) is 0 Å². The van der Waals surface area contributed by atoms with E-state index in [2.05, 4.69) is 5.32 Å². The third-order valence-electron chi connectivity index (χ3n) is 3.53. The molecule has 1 aliphatic rings. The summed E-state index contributed by atoms with van der Waals surface area (Å²) in [4.78, 5) is 14.2. The molecule has 0 aromatic heterocycles. The molecule has 2 atom stereocenters. The Morgan fingerprint density at radius 3 is 2.89 bits per heavy atom. The normalized spacial score (nSPS) is 21.7. The Balaban J connectivity index is 2.16. The molecular weight excluding hydrogens is 231 g/mol. The van der Waals surface area contributed by atoms with E-state index in [4.69, 9.17) is 0 Å². The van der Waals surface area contributed by atoms with E-state index in [0.29, 0.717) is 12.1 Å². The smallest absolute Gasteiger partial charge is 0.230 e. The van der Waals surface area contributed by atoms with Crippen LogP contribution in [-0.2, 0) is 4.79 Å². The van der Waals surface area contributed by atoms with Gasteiger partial charge in [0.05, 0.1) is 5.92 Å². The first-order valence-electron chi connectivity index (χ1n) is 6.37. The molecule has 1 unspecified atom stereocenters. The van der Waals surface area contributed by atoms with Gasteiger partial charge in [0.2, 0.25) is 5.91 Å². The van der Waals surface area contributed by atoms with Crippen molar-refractivity contribution in [1.29, 1.82) is 0 Å². The Morgan fingerprint density at radius 1 is 1.50 bits per heavy atom. The molecule has 0 radical (unpaired) electrons. The molecule has 1 N–H and O–H groups in total. The number of piperazine rings is 1. The van der Waals surface area contributed by atoms with Crippen molar-refractivity contribution in [3.8, 4) is 0 Å². The van der Waals surface area contributed by atoms with Gasteiger partial charge in [-0.3, -0.25) is 4.79 Å². The number of hydrogen-bond acceptors (Lipinski definition) is 2. The second-order valence-electron chi connectivity index (χ2n) is 4.83. The molecule has 98 valence electrons. The summed E-state index contributed by atoms with van der Waals surface area (Å²) in [6.07, 6.45) is 0. The summed E-state index contributed by atoms with van der Waals surface area (Å²) >= 11 is 0. The maximum absolute atomic E-state index is 13.7. The van der Waals surface area contributed by atoms with Crippen LogP contribution in [0.1, 0.15) is 25.3 Å². The van der Waals surface area contributed by atoms with Crippen molar-refractivity contribution >= 4 is 5.91 Å². The summed E-state index contributed by atoms with van der Waals surface area (Å²) in [5, 5.41) is 3.24. The number of benzene rings is 1. The number of hydrogen-bond donors (Lipinski definition) is 1. The van der Waals surface area contributed by atoms with Gasteiger partial charge in [0.15, 0.2) is 0 Å². The summed E-state index contributed by atoms with van der Waals surface area (Å²) in [6, 6.07) is 6.67. The van der Waals surface area contributed by atoms with Crippen LogP contribution in [0.25, 0.3) is 0 Å². The van der Waals surface area contributed by atoms with Crippen molar-refractivity contribution < 1.29 is 9.18 Å². The number of nitrogens with one attached hydrogen (secondary N) is 1. The van der Waals surface area contributed by atoms with Gasteiger partial charge in [0.25, 0.3) is 0 Å². The summed E-state index contributed by atoms with van der Waals surface area (Å²) in [6.45, 7) is 6.09. The summed E-state index contributed by atoms with van der Waals surface area (Å²) in [5.41, 5.74) is 0.480. The standard InChI is InChI=1S/C14H19FN2O/c1-10-9-16-7-8-17(10)14(18)11(2)12-5-3-4-6-13(12)15/h3-6,10-11,16H,7-9H2,1-2H3/t10-,11?/m0/s1. The lowest BCUT2D eigenvalue weighted by Crippen LogP contribution is -2.53. The quantitative estimate of drug-likeness (QED) is 0.867. The highest BCUT2D eigenvalue weighted by Gasteiger charge is 2.28. The Kier molecular flexibility index (Phi) is 3.97. The number of carbonyl (C=O) groups excluding carboxylic acids is 1. The monoisotopic (exact) mass is 250 g/mol. The number of carbonyl (C=O) groups is 1. The van der Waals surface area contributed by atoms with E-state index >= 15 is 0 Å². The molecule has 18 heavy (non-hydrogen) atoms. The third-order valence-corrected chi connectivity index (χ3v) is 3.53. The van der Waals surface area contributed by atoms with E-state index in [1.54, 1.807) is 25.1 Å². The molecule has 1 amide bonds. The highest BCUT2D eigenvalue weighted by atomic mass is 19.1. The van der Waals surface area contributed by atoms with Gasteiger partial charge in [0, 0.05) is 25.7 Å². The Labute approximate surface area is 107 Å². The SMILES string of the molecule is CC(C(=O)N1CCNC[C@@H]1C)c1ccccc1F. The Bertz CT molecular complexity index is 436. The van der Waals surface area contributed by atoms with E-state index in [9.17, 15) is 9.18 Å². The van der Waals surface area contributed by atoms with Crippen molar-refractivity contribution in [3.63, 3.8) is 0 Å². The first kappa shape index (κ1) is 13.0. The predicted molar refractivity (Wildman–Crippen MR) is 68.9 cm³/mol. The molecule has 2 rings (SSSR count). The topological polar surface area (TPSA) is 32.3 Å². The molecule has 1 aliphatic heterocycles. The van der Waals surface area contributed by atoms with Crippen LogP contribution in [0.5, 0.6) is 0 Å². The molecule has 1 fully saturated rings. The van der Waals surface area contributed by atoms with Crippen molar-refractivity contribution in [3.05, 3.63) is 35.6 Å². The number of amides is 1. The van der Waals surface area contributed by atoms with E-state index in [0.717, 1.165) is 13.1 Å². The van der Waals surface area contributed by atoms with Crippen LogP contribution in [-0.4, -0.2) is 36.5 Å². The van der Waals surface area contributed by atoms with E-state index in [1.807, 2.05) is 11.8 Å². The zero-order chi connectivity index (χ0) is 13.1. The molecule has 1 aromatic rings. The lowest BCUT2D eigenvalue weighted by atomic mass is 9.98. The molecule has 1 heterocycles. The zero-order valence-corrected chi connectivity index (χ0v) is 10.8. The maximum Gasteiger partial charge on any atom is 0.230 e. The molecule has 0 spiro atoms. The fraction of sp³-hybridized carbons (Fsp3) is 0.500. The average molecular weight is 250 g/mol. The minimum Gasteiger partial charge on any atom is -0.337 e. The van der Waals surface area contributed by atoms with Gasteiger partial charge >= 0.3 is 0 Å².